The molecule has 0 spiro atoms. The van der Waals surface area contributed by atoms with E-state index in [-0.39, 0.29) is 5.75 Å². The standard InChI is InChI=1S/C36H55NO/c1-28(2)13-8-14-29(3)15-9-16-30(4)17-10-18-31(5)19-11-20-32(6)21-12-22-33(7)23-24-34-27-35(38)25-26-36(34)37/h13,15,17,19,21,23,25-27,38H,8-12,14,16,18,20,22,24,37H2,1-7H3/b29-15+,30-17+,31-19+,32-21+,33-23+. The summed E-state index contributed by atoms with van der Waals surface area (Å²) in [7, 11) is 0. The predicted octanol–water partition coefficient (Wildman–Crippen LogP) is 11.1. The molecule has 1 aromatic rings. The molecule has 38 heavy (non-hydrogen) atoms. The largest absolute Gasteiger partial charge is 0.508 e. The van der Waals surface area contributed by atoms with Crippen LogP contribution in [0.15, 0.2) is 88.1 Å². The quantitative estimate of drug-likeness (QED) is 0.123. The average molecular weight is 518 g/mol. The van der Waals surface area contributed by atoms with Crippen LogP contribution >= 0.6 is 0 Å². The molecule has 1 rings (SSSR count). The van der Waals surface area contributed by atoms with Crippen LogP contribution in [0.25, 0.3) is 0 Å². The van der Waals surface area contributed by atoms with Crippen LogP contribution < -0.4 is 5.73 Å². The maximum Gasteiger partial charge on any atom is 0.116 e. The second kappa shape index (κ2) is 19.3. The number of hydrogen-bond acceptors (Lipinski definition) is 2. The molecule has 0 aliphatic heterocycles. The van der Waals surface area contributed by atoms with Gasteiger partial charge in [0.2, 0.25) is 0 Å². The molecule has 0 unspecified atom stereocenters. The molecule has 2 heteroatoms. The van der Waals surface area contributed by atoms with Crippen molar-refractivity contribution in [2.45, 2.75) is 119 Å². The first-order valence-corrected chi connectivity index (χ1v) is 14.6. The number of nitrogen functional groups attached to an aromatic ring is 1. The van der Waals surface area contributed by atoms with Crippen LogP contribution in [0.4, 0.5) is 5.69 Å². The Morgan fingerprint density at radius 1 is 0.579 bits per heavy atom. The van der Waals surface area contributed by atoms with E-state index in [2.05, 4.69) is 84.9 Å². The number of aromatic hydroxyl groups is 1. The minimum atomic E-state index is 0.273. The topological polar surface area (TPSA) is 46.2 Å². The molecule has 0 heterocycles. The van der Waals surface area contributed by atoms with Crippen molar-refractivity contribution in [3.8, 4) is 5.75 Å². The molecule has 0 aromatic heterocycles. The summed E-state index contributed by atoms with van der Waals surface area (Å²) in [6, 6.07) is 5.15. The van der Waals surface area contributed by atoms with Crippen molar-refractivity contribution in [3.05, 3.63) is 93.7 Å². The van der Waals surface area contributed by atoms with Gasteiger partial charge in [-0.3, -0.25) is 0 Å². The lowest BCUT2D eigenvalue weighted by Gasteiger charge is -2.05. The fourth-order valence-electron chi connectivity index (χ4n) is 4.34. The van der Waals surface area contributed by atoms with Crippen molar-refractivity contribution in [2.24, 2.45) is 0 Å². The zero-order valence-electron chi connectivity index (χ0n) is 25.5. The molecule has 0 fully saturated rings. The second-order valence-corrected chi connectivity index (χ2v) is 11.3. The van der Waals surface area contributed by atoms with E-state index in [4.69, 9.17) is 5.73 Å². The molecule has 3 N–H and O–H groups in total. The molecule has 0 radical (unpaired) electrons. The normalized spacial score (nSPS) is 13.7. The van der Waals surface area contributed by atoms with Gasteiger partial charge in [-0.25, -0.2) is 0 Å². The van der Waals surface area contributed by atoms with E-state index in [1.807, 2.05) is 0 Å². The minimum Gasteiger partial charge on any atom is -0.508 e. The summed E-state index contributed by atoms with van der Waals surface area (Å²) in [6.07, 6.45) is 26.3. The highest BCUT2D eigenvalue weighted by Gasteiger charge is 2.00. The molecule has 0 aliphatic carbocycles. The van der Waals surface area contributed by atoms with Gasteiger partial charge in [0.15, 0.2) is 0 Å². The van der Waals surface area contributed by atoms with Gasteiger partial charge in [0, 0.05) is 5.69 Å². The second-order valence-electron chi connectivity index (χ2n) is 11.3. The molecule has 0 amide bonds. The third-order valence-electron chi connectivity index (χ3n) is 7.01. The van der Waals surface area contributed by atoms with Gasteiger partial charge in [0.05, 0.1) is 0 Å². The Balaban J connectivity index is 2.28. The van der Waals surface area contributed by atoms with Crippen molar-refractivity contribution in [3.63, 3.8) is 0 Å². The molecule has 210 valence electrons. The van der Waals surface area contributed by atoms with E-state index < -0.39 is 0 Å². The zero-order chi connectivity index (χ0) is 28.3. The number of benzene rings is 1. The van der Waals surface area contributed by atoms with Gasteiger partial charge in [-0.15, -0.1) is 0 Å². The molecule has 0 atom stereocenters. The first kappa shape index (κ1) is 33.3. The summed E-state index contributed by atoms with van der Waals surface area (Å²) in [5, 5.41) is 9.66. The lowest BCUT2D eigenvalue weighted by molar-refractivity contribution is 0.475. The van der Waals surface area contributed by atoms with Crippen molar-refractivity contribution in [1.29, 1.82) is 0 Å². The molecular formula is C36H55NO. The summed E-state index contributed by atoms with van der Waals surface area (Å²) in [5.41, 5.74) is 16.5. The fourth-order valence-corrected chi connectivity index (χ4v) is 4.34. The van der Waals surface area contributed by atoms with Gasteiger partial charge in [0.1, 0.15) is 5.75 Å². The van der Waals surface area contributed by atoms with Crippen LogP contribution in [0.1, 0.15) is 118 Å². The molecular weight excluding hydrogens is 462 g/mol. The first-order valence-electron chi connectivity index (χ1n) is 14.6. The van der Waals surface area contributed by atoms with E-state index in [1.54, 1.807) is 18.2 Å². The minimum absolute atomic E-state index is 0.273. The van der Waals surface area contributed by atoms with Gasteiger partial charge in [-0.1, -0.05) is 69.9 Å². The van der Waals surface area contributed by atoms with Crippen LogP contribution in [-0.4, -0.2) is 5.11 Å². The smallest absolute Gasteiger partial charge is 0.116 e. The van der Waals surface area contributed by atoms with Crippen molar-refractivity contribution in [2.75, 3.05) is 5.73 Å². The Labute approximate surface area is 234 Å². The number of rotatable bonds is 17. The average Bonchev–Trinajstić information content (AvgIpc) is 2.84. The lowest BCUT2D eigenvalue weighted by Crippen LogP contribution is -1.93. The Hall–Kier alpha value is -2.74. The number of phenolic OH excluding ortho intramolecular Hbond substituents is 1. The van der Waals surface area contributed by atoms with Crippen LogP contribution in [0.3, 0.4) is 0 Å². The number of nitrogens with two attached hydrogens (primary N) is 1. The van der Waals surface area contributed by atoms with Crippen molar-refractivity contribution < 1.29 is 5.11 Å². The molecule has 0 aliphatic rings. The SMILES string of the molecule is CC(C)=CCC/C(C)=C/CC/C(C)=C/CC/C(C)=C/CC/C(C)=C/CC/C(C)=C/Cc1cc(O)ccc1N. The van der Waals surface area contributed by atoms with Crippen LogP contribution in [-0.2, 0) is 6.42 Å². The van der Waals surface area contributed by atoms with Gasteiger partial charge in [0.25, 0.3) is 0 Å². The molecule has 0 saturated carbocycles. The molecule has 1 aromatic carbocycles. The monoisotopic (exact) mass is 517 g/mol. The van der Waals surface area contributed by atoms with Crippen LogP contribution in [0, 0.1) is 0 Å². The van der Waals surface area contributed by atoms with Gasteiger partial charge >= 0.3 is 0 Å². The third kappa shape index (κ3) is 16.9. The van der Waals surface area contributed by atoms with Crippen molar-refractivity contribution in [1.82, 2.24) is 0 Å². The highest BCUT2D eigenvalue weighted by Crippen LogP contribution is 2.20. The number of anilines is 1. The highest BCUT2D eigenvalue weighted by molar-refractivity contribution is 5.51. The van der Waals surface area contributed by atoms with E-state index in [1.165, 1.54) is 46.3 Å². The van der Waals surface area contributed by atoms with E-state index in [9.17, 15) is 5.11 Å². The summed E-state index contributed by atoms with van der Waals surface area (Å²) in [4.78, 5) is 0. The lowest BCUT2D eigenvalue weighted by atomic mass is 10.0. The van der Waals surface area contributed by atoms with Gasteiger partial charge < -0.3 is 10.8 Å². The summed E-state index contributed by atoms with van der Waals surface area (Å²) >= 11 is 0. The highest BCUT2D eigenvalue weighted by atomic mass is 16.3. The Morgan fingerprint density at radius 2 is 0.947 bits per heavy atom. The number of hydrogen-bond donors (Lipinski definition) is 2. The van der Waals surface area contributed by atoms with Crippen LogP contribution in [0.5, 0.6) is 5.75 Å². The number of phenols is 1. The first-order chi connectivity index (χ1) is 18.1. The van der Waals surface area contributed by atoms with E-state index in [0.717, 1.165) is 69.0 Å². The van der Waals surface area contributed by atoms with E-state index in [0.29, 0.717) is 0 Å². The fraction of sp³-hybridized carbons (Fsp3) is 0.500. The molecule has 0 saturated heterocycles. The summed E-state index contributed by atoms with van der Waals surface area (Å²) in [6.45, 7) is 15.6. The summed E-state index contributed by atoms with van der Waals surface area (Å²) < 4.78 is 0. The van der Waals surface area contributed by atoms with Gasteiger partial charge in [-0.05, 0) is 143 Å². The third-order valence-corrected chi connectivity index (χ3v) is 7.01. The number of allylic oxidation sites excluding steroid dienone is 12. The maximum atomic E-state index is 9.66. The Bertz CT molecular complexity index is 1030. The Kier molecular flexibility index (Phi) is 16.9. The van der Waals surface area contributed by atoms with Crippen LogP contribution in [0.2, 0.25) is 0 Å². The molecule has 0 bridgehead atoms. The predicted molar refractivity (Wildman–Crippen MR) is 171 cm³/mol. The molecule has 2 nitrogen and oxygen atoms in total. The Morgan fingerprint density at radius 3 is 1.34 bits per heavy atom. The van der Waals surface area contributed by atoms with Crippen molar-refractivity contribution >= 4 is 5.69 Å². The maximum absolute atomic E-state index is 9.66. The van der Waals surface area contributed by atoms with Gasteiger partial charge in [-0.2, -0.15) is 0 Å². The zero-order valence-corrected chi connectivity index (χ0v) is 25.5. The van der Waals surface area contributed by atoms with E-state index >= 15 is 0 Å². The summed E-state index contributed by atoms with van der Waals surface area (Å²) in [5.74, 6) is 0.273.